The van der Waals surface area contributed by atoms with Crippen molar-refractivity contribution in [2.75, 3.05) is 25.0 Å². The van der Waals surface area contributed by atoms with Gasteiger partial charge in [0.25, 0.3) is 0 Å². The third-order valence-electron chi connectivity index (χ3n) is 5.20. The van der Waals surface area contributed by atoms with E-state index in [1.165, 1.54) is 4.31 Å². The molecular weight excluding hydrogens is 374 g/mol. The van der Waals surface area contributed by atoms with Crippen molar-refractivity contribution in [2.45, 2.75) is 25.1 Å². The van der Waals surface area contributed by atoms with Gasteiger partial charge in [0.15, 0.2) is 0 Å². The van der Waals surface area contributed by atoms with Gasteiger partial charge in [-0.3, -0.25) is 4.98 Å². The predicted molar refractivity (Wildman–Crippen MR) is 110 cm³/mol. The lowest BCUT2D eigenvalue weighted by Crippen LogP contribution is -2.39. The molecule has 1 fully saturated rings. The fourth-order valence-electron chi connectivity index (χ4n) is 3.66. The number of sulfonamides is 1. The van der Waals surface area contributed by atoms with Crippen LogP contribution in [-0.4, -0.2) is 53.9 Å². The molecule has 3 heterocycles. The van der Waals surface area contributed by atoms with E-state index in [1.54, 1.807) is 19.4 Å². The molecule has 3 aromatic rings. The summed E-state index contributed by atoms with van der Waals surface area (Å²) in [6.45, 7) is 3.22. The van der Waals surface area contributed by atoms with E-state index in [9.17, 15) is 8.42 Å². The molecule has 7 nitrogen and oxygen atoms in total. The highest BCUT2D eigenvalue weighted by Gasteiger charge is 2.33. The Morgan fingerprint density at radius 1 is 1.18 bits per heavy atom. The van der Waals surface area contributed by atoms with Crippen LogP contribution in [0.4, 0.5) is 5.82 Å². The maximum Gasteiger partial charge on any atom is 0.218 e. The largest absolute Gasteiger partial charge is 0.354 e. The van der Waals surface area contributed by atoms with Gasteiger partial charge >= 0.3 is 0 Å². The number of benzene rings is 1. The number of anilines is 1. The molecule has 146 valence electrons. The van der Waals surface area contributed by atoms with Crippen LogP contribution in [0.2, 0.25) is 0 Å². The topological polar surface area (TPSA) is 79.3 Å². The van der Waals surface area contributed by atoms with Crippen LogP contribution in [-0.2, 0) is 15.8 Å². The standard InChI is InChI=1S/C20H23N5O2S/c1-15-22-19-12-21-10-8-18(19)20(23-15)25-11-9-17(13-25)24(2)28(26,27)14-16-6-4-3-5-7-16/h3-8,10,12,17H,9,11,13-14H2,1-2H3. The van der Waals surface area contributed by atoms with Crippen molar-refractivity contribution in [3.05, 3.63) is 60.2 Å². The molecule has 0 spiro atoms. The highest BCUT2D eigenvalue weighted by molar-refractivity contribution is 7.88. The highest BCUT2D eigenvalue weighted by Crippen LogP contribution is 2.28. The smallest absolute Gasteiger partial charge is 0.218 e. The van der Waals surface area contributed by atoms with Gasteiger partial charge in [0.1, 0.15) is 11.6 Å². The Kier molecular flexibility index (Phi) is 4.99. The number of fused-ring (bicyclic) bond motifs is 1. The summed E-state index contributed by atoms with van der Waals surface area (Å²) < 4.78 is 27.3. The monoisotopic (exact) mass is 397 g/mol. The van der Waals surface area contributed by atoms with E-state index in [-0.39, 0.29) is 11.8 Å². The Morgan fingerprint density at radius 3 is 2.75 bits per heavy atom. The molecule has 1 unspecified atom stereocenters. The zero-order valence-electron chi connectivity index (χ0n) is 16.0. The molecule has 4 rings (SSSR count). The fourth-order valence-corrected chi connectivity index (χ4v) is 5.11. The van der Waals surface area contributed by atoms with Gasteiger partial charge in [-0.25, -0.2) is 18.4 Å². The van der Waals surface area contributed by atoms with Crippen LogP contribution in [0.25, 0.3) is 10.9 Å². The second-order valence-corrected chi connectivity index (χ2v) is 9.16. The van der Waals surface area contributed by atoms with Gasteiger partial charge in [-0.05, 0) is 25.0 Å². The van der Waals surface area contributed by atoms with Gasteiger partial charge in [-0.1, -0.05) is 30.3 Å². The molecule has 0 radical (unpaired) electrons. The summed E-state index contributed by atoms with van der Waals surface area (Å²) in [5.41, 5.74) is 1.60. The molecule has 0 aliphatic carbocycles. The third kappa shape index (κ3) is 3.70. The molecule has 0 amide bonds. The van der Waals surface area contributed by atoms with E-state index in [0.717, 1.165) is 35.2 Å². The number of aryl methyl sites for hydroxylation is 1. The second kappa shape index (κ2) is 7.44. The van der Waals surface area contributed by atoms with Gasteiger partial charge in [0.2, 0.25) is 10.0 Å². The van der Waals surface area contributed by atoms with E-state index in [2.05, 4.69) is 19.9 Å². The summed E-state index contributed by atoms with van der Waals surface area (Å²) in [4.78, 5) is 15.4. The third-order valence-corrected chi connectivity index (χ3v) is 7.07. The van der Waals surface area contributed by atoms with Crippen molar-refractivity contribution in [1.82, 2.24) is 19.3 Å². The van der Waals surface area contributed by atoms with Crippen LogP contribution in [0, 0.1) is 6.92 Å². The average molecular weight is 398 g/mol. The van der Waals surface area contributed by atoms with Crippen LogP contribution in [0.1, 0.15) is 17.8 Å². The molecule has 1 saturated heterocycles. The summed E-state index contributed by atoms with van der Waals surface area (Å²) >= 11 is 0. The van der Waals surface area contributed by atoms with Gasteiger partial charge in [-0.15, -0.1) is 0 Å². The summed E-state index contributed by atoms with van der Waals surface area (Å²) in [6, 6.07) is 11.1. The first kappa shape index (κ1) is 18.8. The van der Waals surface area contributed by atoms with Crippen LogP contribution in [0.5, 0.6) is 0 Å². The van der Waals surface area contributed by atoms with Gasteiger partial charge in [0, 0.05) is 37.8 Å². The Bertz CT molecular complexity index is 1090. The molecule has 28 heavy (non-hydrogen) atoms. The minimum atomic E-state index is -3.39. The fraction of sp³-hybridized carbons (Fsp3) is 0.350. The van der Waals surface area contributed by atoms with E-state index >= 15 is 0 Å². The average Bonchev–Trinajstić information content (AvgIpc) is 3.17. The van der Waals surface area contributed by atoms with Crippen LogP contribution in [0.3, 0.4) is 0 Å². The first-order valence-electron chi connectivity index (χ1n) is 9.27. The molecule has 2 aromatic heterocycles. The second-order valence-electron chi connectivity index (χ2n) is 7.13. The Labute approximate surface area is 165 Å². The number of aromatic nitrogens is 3. The lowest BCUT2D eigenvalue weighted by Gasteiger charge is -2.25. The number of hydrogen-bond acceptors (Lipinski definition) is 6. The lowest BCUT2D eigenvalue weighted by molar-refractivity contribution is 0.389. The van der Waals surface area contributed by atoms with Crippen molar-refractivity contribution in [2.24, 2.45) is 0 Å². The number of nitrogens with zero attached hydrogens (tertiary/aromatic N) is 5. The number of hydrogen-bond donors (Lipinski definition) is 0. The molecule has 1 aliphatic heterocycles. The predicted octanol–water partition coefficient (Wildman–Crippen LogP) is 2.37. The zero-order chi connectivity index (χ0) is 19.7. The zero-order valence-corrected chi connectivity index (χ0v) is 16.8. The van der Waals surface area contributed by atoms with E-state index in [4.69, 9.17) is 0 Å². The molecule has 0 N–H and O–H groups in total. The van der Waals surface area contributed by atoms with Crippen molar-refractivity contribution in [3.63, 3.8) is 0 Å². The van der Waals surface area contributed by atoms with Gasteiger partial charge < -0.3 is 4.90 Å². The van der Waals surface area contributed by atoms with E-state index in [1.807, 2.05) is 43.3 Å². The quantitative estimate of drug-likeness (QED) is 0.658. The first-order chi connectivity index (χ1) is 13.4. The molecular formula is C20H23N5O2S. The van der Waals surface area contributed by atoms with Crippen LogP contribution < -0.4 is 4.90 Å². The lowest BCUT2D eigenvalue weighted by atomic mass is 10.2. The number of likely N-dealkylation sites (N-methyl/N-ethyl adjacent to an activating group) is 1. The SMILES string of the molecule is Cc1nc(N2CCC(N(C)S(=O)(=O)Cc3ccccc3)C2)c2ccncc2n1. The Balaban J connectivity index is 1.54. The maximum atomic E-state index is 12.9. The Morgan fingerprint density at radius 2 is 1.96 bits per heavy atom. The normalized spacial score (nSPS) is 17.5. The molecule has 1 atom stereocenters. The summed E-state index contributed by atoms with van der Waals surface area (Å²) in [5, 5.41) is 0.941. The van der Waals surface area contributed by atoms with Crippen LogP contribution in [0.15, 0.2) is 48.8 Å². The molecule has 1 aliphatic rings. The Hall–Kier alpha value is -2.58. The van der Waals surface area contributed by atoms with Crippen molar-refractivity contribution in [3.8, 4) is 0 Å². The highest BCUT2D eigenvalue weighted by atomic mass is 32.2. The molecule has 0 saturated carbocycles. The van der Waals surface area contributed by atoms with Gasteiger partial charge in [0.05, 0.1) is 17.5 Å². The molecule has 0 bridgehead atoms. The maximum absolute atomic E-state index is 12.9. The molecule has 1 aromatic carbocycles. The van der Waals surface area contributed by atoms with Crippen molar-refractivity contribution in [1.29, 1.82) is 0 Å². The minimum absolute atomic E-state index is 0.0159. The first-order valence-corrected chi connectivity index (χ1v) is 10.9. The van der Waals surface area contributed by atoms with Crippen molar-refractivity contribution < 1.29 is 8.42 Å². The summed E-state index contributed by atoms with van der Waals surface area (Å²) in [5.74, 6) is 1.55. The molecule has 8 heteroatoms. The van der Waals surface area contributed by atoms with E-state index < -0.39 is 10.0 Å². The minimum Gasteiger partial charge on any atom is -0.354 e. The van der Waals surface area contributed by atoms with Crippen LogP contribution >= 0.6 is 0 Å². The summed E-state index contributed by atoms with van der Waals surface area (Å²) in [6.07, 6.45) is 4.23. The van der Waals surface area contributed by atoms with Crippen molar-refractivity contribution >= 4 is 26.7 Å². The number of pyridine rings is 1. The van der Waals surface area contributed by atoms with Gasteiger partial charge in [-0.2, -0.15) is 4.31 Å². The number of rotatable bonds is 5. The van der Waals surface area contributed by atoms with E-state index in [0.29, 0.717) is 12.4 Å². The summed E-state index contributed by atoms with van der Waals surface area (Å²) in [7, 11) is -1.71.